The third-order valence-corrected chi connectivity index (χ3v) is 3.61. The van der Waals surface area contributed by atoms with Crippen LogP contribution in [-0.4, -0.2) is 30.5 Å². The van der Waals surface area contributed by atoms with Crippen LogP contribution in [0.15, 0.2) is 48.8 Å². The maximum absolute atomic E-state index is 14.0. The molecule has 1 heterocycles. The summed E-state index contributed by atoms with van der Waals surface area (Å²) in [5.41, 5.74) is -0.406. The van der Waals surface area contributed by atoms with E-state index in [0.717, 1.165) is 0 Å². The van der Waals surface area contributed by atoms with Gasteiger partial charge in [0.1, 0.15) is 11.4 Å². The average molecular weight is 331 g/mol. The molecule has 2 amide bonds. The van der Waals surface area contributed by atoms with Gasteiger partial charge in [-0.05, 0) is 25.1 Å². The smallest absolute Gasteiger partial charge is 0.313 e. The Morgan fingerprint density at radius 2 is 1.96 bits per heavy atom. The van der Waals surface area contributed by atoms with E-state index in [9.17, 15) is 14.0 Å². The molecule has 2 aromatic rings. The number of nitrogens with zero attached hydrogens (tertiary/aromatic N) is 1. The lowest BCUT2D eigenvalue weighted by atomic mass is 9.95. The maximum Gasteiger partial charge on any atom is 0.313 e. The van der Waals surface area contributed by atoms with Crippen LogP contribution >= 0.6 is 0 Å². The van der Waals surface area contributed by atoms with Crippen LogP contribution in [0.3, 0.4) is 0 Å². The summed E-state index contributed by atoms with van der Waals surface area (Å²) in [6.45, 7) is 1.56. The number of halogens is 1. The Kier molecular flexibility index (Phi) is 5.59. The highest BCUT2D eigenvalue weighted by Crippen LogP contribution is 2.26. The van der Waals surface area contributed by atoms with Crippen molar-refractivity contribution in [2.45, 2.75) is 12.5 Å². The molecule has 0 radical (unpaired) electrons. The molecule has 0 spiro atoms. The first kappa shape index (κ1) is 17.6. The molecule has 1 unspecified atom stereocenters. The van der Waals surface area contributed by atoms with Crippen LogP contribution in [0.5, 0.6) is 0 Å². The van der Waals surface area contributed by atoms with Crippen molar-refractivity contribution in [1.29, 1.82) is 0 Å². The molecular formula is C17H18FN3O3. The normalized spacial score (nSPS) is 13.0. The van der Waals surface area contributed by atoms with Gasteiger partial charge in [0.2, 0.25) is 0 Å². The summed E-state index contributed by atoms with van der Waals surface area (Å²) in [6, 6.07) is 9.36. The minimum absolute atomic E-state index is 0.0657. The van der Waals surface area contributed by atoms with Crippen LogP contribution in [0.4, 0.5) is 10.1 Å². The number of nitrogens with one attached hydrogen (secondary N) is 2. The third kappa shape index (κ3) is 4.14. The van der Waals surface area contributed by atoms with Gasteiger partial charge in [0.05, 0.1) is 18.4 Å². The second-order valence-corrected chi connectivity index (χ2v) is 5.29. The molecule has 0 fully saturated rings. The lowest BCUT2D eigenvalue weighted by Crippen LogP contribution is -2.44. The van der Waals surface area contributed by atoms with Crippen LogP contribution in [0, 0.1) is 5.82 Å². The van der Waals surface area contributed by atoms with Crippen molar-refractivity contribution >= 4 is 17.5 Å². The summed E-state index contributed by atoms with van der Waals surface area (Å²) in [7, 11) is 1.41. The number of hydrogen-bond donors (Lipinski definition) is 2. The minimum atomic E-state index is -1.10. The molecule has 0 aliphatic heterocycles. The van der Waals surface area contributed by atoms with E-state index in [0.29, 0.717) is 11.3 Å². The highest BCUT2D eigenvalue weighted by atomic mass is 19.1. The van der Waals surface area contributed by atoms with Gasteiger partial charge in [-0.3, -0.25) is 14.6 Å². The molecule has 24 heavy (non-hydrogen) atoms. The fourth-order valence-corrected chi connectivity index (χ4v) is 2.12. The third-order valence-electron chi connectivity index (χ3n) is 3.61. The minimum Gasteiger partial charge on any atom is -0.372 e. The van der Waals surface area contributed by atoms with Gasteiger partial charge in [-0.25, -0.2) is 4.39 Å². The zero-order valence-corrected chi connectivity index (χ0v) is 13.4. The maximum atomic E-state index is 14.0. The molecule has 2 rings (SSSR count). The number of amides is 2. The molecule has 7 heteroatoms. The topological polar surface area (TPSA) is 80.3 Å². The van der Waals surface area contributed by atoms with Crippen molar-refractivity contribution in [3.05, 3.63) is 60.2 Å². The number of pyridine rings is 1. The molecule has 0 bridgehead atoms. The van der Waals surface area contributed by atoms with Gasteiger partial charge >= 0.3 is 11.8 Å². The zero-order chi connectivity index (χ0) is 17.6. The summed E-state index contributed by atoms with van der Waals surface area (Å²) in [6.07, 6.45) is 2.97. The molecule has 0 aliphatic rings. The number of ether oxygens (including phenoxy) is 1. The van der Waals surface area contributed by atoms with E-state index < -0.39 is 23.2 Å². The molecule has 6 nitrogen and oxygen atoms in total. The Balaban J connectivity index is 2.01. The Morgan fingerprint density at radius 3 is 2.58 bits per heavy atom. The molecule has 1 aromatic heterocycles. The number of anilines is 1. The first-order chi connectivity index (χ1) is 11.5. The van der Waals surface area contributed by atoms with E-state index in [1.54, 1.807) is 43.5 Å². The monoisotopic (exact) mass is 331 g/mol. The van der Waals surface area contributed by atoms with Crippen molar-refractivity contribution in [3.8, 4) is 0 Å². The first-order valence-corrected chi connectivity index (χ1v) is 7.25. The predicted molar refractivity (Wildman–Crippen MR) is 86.6 cm³/mol. The Hall–Kier alpha value is -2.80. The van der Waals surface area contributed by atoms with Crippen molar-refractivity contribution in [2.75, 3.05) is 19.0 Å². The van der Waals surface area contributed by atoms with Crippen molar-refractivity contribution in [2.24, 2.45) is 0 Å². The van der Waals surface area contributed by atoms with Gasteiger partial charge in [0.25, 0.3) is 0 Å². The second-order valence-electron chi connectivity index (χ2n) is 5.29. The van der Waals surface area contributed by atoms with Gasteiger partial charge in [0, 0.05) is 18.9 Å². The highest BCUT2D eigenvalue weighted by molar-refractivity contribution is 6.39. The van der Waals surface area contributed by atoms with E-state index >= 15 is 0 Å². The van der Waals surface area contributed by atoms with E-state index in [-0.39, 0.29) is 6.54 Å². The summed E-state index contributed by atoms with van der Waals surface area (Å²) in [4.78, 5) is 27.6. The molecule has 0 saturated heterocycles. The summed E-state index contributed by atoms with van der Waals surface area (Å²) < 4.78 is 19.3. The largest absolute Gasteiger partial charge is 0.372 e. The van der Waals surface area contributed by atoms with E-state index in [1.807, 2.05) is 0 Å². The number of methoxy groups -OCH3 is 1. The molecule has 0 saturated carbocycles. The van der Waals surface area contributed by atoms with Gasteiger partial charge in [-0.15, -0.1) is 0 Å². The Labute approximate surface area is 139 Å². The molecule has 0 aliphatic carbocycles. The average Bonchev–Trinajstić information content (AvgIpc) is 2.60. The zero-order valence-electron chi connectivity index (χ0n) is 13.4. The lowest BCUT2D eigenvalue weighted by molar-refractivity contribution is -0.137. The number of carbonyl (C=O) groups is 2. The van der Waals surface area contributed by atoms with Crippen LogP contribution in [-0.2, 0) is 19.9 Å². The molecule has 1 aromatic carbocycles. The van der Waals surface area contributed by atoms with E-state index in [2.05, 4.69) is 15.6 Å². The predicted octanol–water partition coefficient (Wildman–Crippen LogP) is 1.84. The van der Waals surface area contributed by atoms with Crippen LogP contribution in [0.1, 0.15) is 12.5 Å². The van der Waals surface area contributed by atoms with Gasteiger partial charge in [-0.2, -0.15) is 0 Å². The number of benzene rings is 1. The fraction of sp³-hybridized carbons (Fsp3) is 0.235. The Morgan fingerprint density at radius 1 is 1.21 bits per heavy atom. The molecule has 126 valence electrons. The van der Waals surface area contributed by atoms with E-state index in [1.165, 1.54) is 19.4 Å². The van der Waals surface area contributed by atoms with Crippen LogP contribution in [0.2, 0.25) is 0 Å². The van der Waals surface area contributed by atoms with Crippen molar-refractivity contribution < 1.29 is 18.7 Å². The molecule has 2 N–H and O–H groups in total. The number of aromatic nitrogens is 1. The SMILES string of the molecule is COC(C)(CNC(=O)C(=O)Nc1cccnc1)c1ccccc1F. The fourth-order valence-electron chi connectivity index (χ4n) is 2.12. The lowest BCUT2D eigenvalue weighted by Gasteiger charge is -2.29. The number of hydrogen-bond acceptors (Lipinski definition) is 4. The first-order valence-electron chi connectivity index (χ1n) is 7.25. The van der Waals surface area contributed by atoms with E-state index in [4.69, 9.17) is 4.74 Å². The number of rotatable bonds is 5. The second kappa shape index (κ2) is 7.65. The Bertz CT molecular complexity index is 724. The van der Waals surface area contributed by atoms with Gasteiger partial charge < -0.3 is 15.4 Å². The van der Waals surface area contributed by atoms with Crippen LogP contribution < -0.4 is 10.6 Å². The summed E-state index contributed by atoms with van der Waals surface area (Å²) >= 11 is 0. The molecular weight excluding hydrogens is 313 g/mol. The highest BCUT2D eigenvalue weighted by Gasteiger charge is 2.30. The van der Waals surface area contributed by atoms with Gasteiger partial charge in [0.15, 0.2) is 0 Å². The standard InChI is InChI=1S/C17H18FN3O3/c1-17(24-2,13-7-3-4-8-14(13)18)11-20-15(22)16(23)21-12-6-5-9-19-10-12/h3-10H,11H2,1-2H3,(H,20,22)(H,21,23). The number of carbonyl (C=O) groups excluding carboxylic acids is 2. The molecule has 1 atom stereocenters. The van der Waals surface area contributed by atoms with Crippen molar-refractivity contribution in [1.82, 2.24) is 10.3 Å². The van der Waals surface area contributed by atoms with Crippen molar-refractivity contribution in [3.63, 3.8) is 0 Å². The quantitative estimate of drug-likeness (QED) is 0.819. The summed E-state index contributed by atoms with van der Waals surface area (Å²) in [5.74, 6) is -2.13. The van der Waals surface area contributed by atoms with Crippen LogP contribution in [0.25, 0.3) is 0 Å². The van der Waals surface area contributed by atoms with Gasteiger partial charge in [-0.1, -0.05) is 18.2 Å². The summed E-state index contributed by atoms with van der Waals surface area (Å²) in [5, 5.41) is 4.88.